The van der Waals surface area contributed by atoms with Crippen LogP contribution in [0.25, 0.3) is 0 Å². The second-order valence-corrected chi connectivity index (χ2v) is 8.64. The summed E-state index contributed by atoms with van der Waals surface area (Å²) in [4.78, 5) is 30.3. The third kappa shape index (κ3) is 9.86. The van der Waals surface area contributed by atoms with E-state index >= 15 is 0 Å². The average molecular weight is 523 g/mol. The Kier molecular flexibility index (Phi) is 11.1. The molecule has 2 rings (SSSR count). The molecular weight excluding hydrogens is 485 g/mol. The summed E-state index contributed by atoms with van der Waals surface area (Å²) in [6, 6.07) is 0.479. The number of carbonyl (C=O) groups excluding carboxylic acids is 2. The second-order valence-electron chi connectivity index (χ2n) is 8.64. The molecule has 0 spiro atoms. The van der Waals surface area contributed by atoms with Crippen LogP contribution < -0.4 is 16.0 Å². The SMILES string of the molecule is CCNC(=NCCC(=O)NC1CCCCC1)NC1CN(C(=O)OC(C)(C)C)C1.I. The molecule has 0 aromatic heterocycles. The maximum absolute atomic E-state index is 12.1. The van der Waals surface area contributed by atoms with Crippen molar-refractivity contribution in [3.63, 3.8) is 0 Å². The summed E-state index contributed by atoms with van der Waals surface area (Å²) in [5.74, 6) is 0.757. The van der Waals surface area contributed by atoms with Gasteiger partial charge in [-0.25, -0.2) is 4.79 Å². The lowest BCUT2D eigenvalue weighted by molar-refractivity contribution is -0.121. The van der Waals surface area contributed by atoms with Gasteiger partial charge in [0.15, 0.2) is 5.96 Å². The molecule has 0 unspecified atom stereocenters. The van der Waals surface area contributed by atoms with E-state index in [9.17, 15) is 9.59 Å². The minimum absolute atomic E-state index is 0. The van der Waals surface area contributed by atoms with Gasteiger partial charge in [-0.05, 0) is 40.5 Å². The van der Waals surface area contributed by atoms with Crippen LogP contribution in [0.5, 0.6) is 0 Å². The number of rotatable bonds is 6. The zero-order chi connectivity index (χ0) is 20.6. The number of hydrogen-bond acceptors (Lipinski definition) is 4. The maximum Gasteiger partial charge on any atom is 0.410 e. The van der Waals surface area contributed by atoms with Gasteiger partial charge >= 0.3 is 6.09 Å². The van der Waals surface area contributed by atoms with Gasteiger partial charge in [0, 0.05) is 32.1 Å². The molecule has 168 valence electrons. The highest BCUT2D eigenvalue weighted by molar-refractivity contribution is 14.0. The number of nitrogens with one attached hydrogen (secondary N) is 3. The zero-order valence-electron chi connectivity index (χ0n) is 18.3. The van der Waals surface area contributed by atoms with E-state index in [1.165, 1.54) is 19.3 Å². The number of guanidine groups is 1. The van der Waals surface area contributed by atoms with Gasteiger partial charge in [0.2, 0.25) is 5.91 Å². The van der Waals surface area contributed by atoms with Crippen LogP contribution in [-0.4, -0.2) is 66.7 Å². The summed E-state index contributed by atoms with van der Waals surface area (Å²) in [6.45, 7) is 9.94. The maximum atomic E-state index is 12.1. The van der Waals surface area contributed by atoms with Crippen LogP contribution in [0.4, 0.5) is 4.79 Å². The van der Waals surface area contributed by atoms with E-state index in [-0.39, 0.29) is 42.0 Å². The van der Waals surface area contributed by atoms with E-state index in [2.05, 4.69) is 20.9 Å². The quantitative estimate of drug-likeness (QED) is 0.283. The Morgan fingerprint density at radius 3 is 2.31 bits per heavy atom. The van der Waals surface area contributed by atoms with Crippen LogP contribution in [0.2, 0.25) is 0 Å². The van der Waals surface area contributed by atoms with Gasteiger partial charge in [-0.3, -0.25) is 9.79 Å². The number of halogens is 1. The van der Waals surface area contributed by atoms with Gasteiger partial charge in [0.05, 0.1) is 12.6 Å². The van der Waals surface area contributed by atoms with Gasteiger partial charge in [0.25, 0.3) is 0 Å². The van der Waals surface area contributed by atoms with E-state index in [0.29, 0.717) is 38.1 Å². The van der Waals surface area contributed by atoms with Crippen LogP contribution in [0.1, 0.15) is 66.2 Å². The number of ether oxygens (including phenoxy) is 1. The van der Waals surface area contributed by atoms with Crippen LogP contribution in [-0.2, 0) is 9.53 Å². The smallest absolute Gasteiger partial charge is 0.410 e. The third-order valence-electron chi connectivity index (χ3n) is 4.80. The molecule has 29 heavy (non-hydrogen) atoms. The highest BCUT2D eigenvalue weighted by atomic mass is 127. The van der Waals surface area contributed by atoms with Crippen molar-refractivity contribution in [3.8, 4) is 0 Å². The van der Waals surface area contributed by atoms with Crippen LogP contribution in [0.15, 0.2) is 4.99 Å². The Labute approximate surface area is 192 Å². The van der Waals surface area contributed by atoms with E-state index in [1.54, 1.807) is 4.90 Å². The molecular formula is C20H38IN5O3. The van der Waals surface area contributed by atoms with Gasteiger partial charge in [-0.1, -0.05) is 19.3 Å². The number of amides is 2. The van der Waals surface area contributed by atoms with Gasteiger partial charge in [-0.2, -0.15) is 0 Å². The summed E-state index contributed by atoms with van der Waals surface area (Å²) < 4.78 is 5.36. The molecule has 2 amide bonds. The van der Waals surface area contributed by atoms with Crippen molar-refractivity contribution in [1.82, 2.24) is 20.9 Å². The van der Waals surface area contributed by atoms with E-state index in [1.807, 2.05) is 27.7 Å². The highest BCUT2D eigenvalue weighted by Gasteiger charge is 2.34. The minimum Gasteiger partial charge on any atom is -0.444 e. The van der Waals surface area contributed by atoms with Crippen molar-refractivity contribution in [2.24, 2.45) is 4.99 Å². The lowest BCUT2D eigenvalue weighted by Crippen LogP contribution is -2.63. The fourth-order valence-corrected chi connectivity index (χ4v) is 3.37. The lowest BCUT2D eigenvalue weighted by Gasteiger charge is -2.40. The molecule has 0 atom stereocenters. The molecule has 9 heteroatoms. The predicted molar refractivity (Wildman–Crippen MR) is 126 cm³/mol. The monoisotopic (exact) mass is 523 g/mol. The van der Waals surface area contributed by atoms with E-state index < -0.39 is 5.60 Å². The molecule has 8 nitrogen and oxygen atoms in total. The summed E-state index contributed by atoms with van der Waals surface area (Å²) in [5, 5.41) is 9.62. The normalized spacial score (nSPS) is 18.3. The fourth-order valence-electron chi connectivity index (χ4n) is 3.37. The Morgan fingerprint density at radius 2 is 1.72 bits per heavy atom. The Bertz CT molecular complexity index is 553. The fraction of sp³-hybridized carbons (Fsp3) is 0.850. The van der Waals surface area contributed by atoms with Crippen molar-refractivity contribution in [2.45, 2.75) is 83.9 Å². The number of aliphatic imine (C=N–C) groups is 1. The van der Waals surface area contributed by atoms with Crippen molar-refractivity contribution in [2.75, 3.05) is 26.2 Å². The van der Waals surface area contributed by atoms with Crippen molar-refractivity contribution in [3.05, 3.63) is 0 Å². The van der Waals surface area contributed by atoms with Crippen molar-refractivity contribution in [1.29, 1.82) is 0 Å². The molecule has 3 N–H and O–H groups in total. The summed E-state index contributed by atoms with van der Waals surface area (Å²) in [5.41, 5.74) is -0.482. The molecule has 1 aliphatic heterocycles. The third-order valence-corrected chi connectivity index (χ3v) is 4.80. The highest BCUT2D eigenvalue weighted by Crippen LogP contribution is 2.17. The van der Waals surface area contributed by atoms with E-state index in [4.69, 9.17) is 4.74 Å². The number of hydrogen-bond donors (Lipinski definition) is 3. The molecule has 1 heterocycles. The Balaban J connectivity index is 0.00000420. The zero-order valence-corrected chi connectivity index (χ0v) is 20.6. The number of nitrogens with zero attached hydrogens (tertiary/aromatic N) is 2. The first kappa shape index (κ1) is 25.8. The topological polar surface area (TPSA) is 95.1 Å². The molecule has 2 fully saturated rings. The number of carbonyl (C=O) groups is 2. The number of likely N-dealkylation sites (tertiary alicyclic amines) is 1. The second kappa shape index (κ2) is 12.4. The summed E-state index contributed by atoms with van der Waals surface area (Å²) >= 11 is 0. The summed E-state index contributed by atoms with van der Waals surface area (Å²) in [6.07, 6.45) is 5.98. The van der Waals surface area contributed by atoms with Crippen molar-refractivity contribution >= 4 is 41.9 Å². The van der Waals surface area contributed by atoms with Gasteiger partial charge in [0.1, 0.15) is 5.60 Å². The van der Waals surface area contributed by atoms with Crippen molar-refractivity contribution < 1.29 is 14.3 Å². The average Bonchev–Trinajstić information content (AvgIpc) is 2.56. The standard InChI is InChI=1S/C20H37N5O3.HI/c1-5-21-18(22-12-11-17(26)23-15-9-7-6-8-10-15)24-16-13-25(14-16)19(27)28-20(2,3)4;/h15-16H,5-14H2,1-4H3,(H,23,26)(H2,21,22,24);1H. The molecule has 2 aliphatic rings. The van der Waals surface area contributed by atoms with Crippen LogP contribution in [0.3, 0.4) is 0 Å². The lowest BCUT2D eigenvalue weighted by atomic mass is 9.95. The van der Waals surface area contributed by atoms with Crippen LogP contribution in [0, 0.1) is 0 Å². The van der Waals surface area contributed by atoms with Gasteiger partial charge in [-0.15, -0.1) is 24.0 Å². The first-order valence-electron chi connectivity index (χ1n) is 10.6. The Hall–Kier alpha value is -1.26. The van der Waals surface area contributed by atoms with Gasteiger partial charge < -0.3 is 25.6 Å². The molecule has 0 aromatic rings. The molecule has 0 bridgehead atoms. The predicted octanol–water partition coefficient (Wildman–Crippen LogP) is 2.62. The first-order valence-corrected chi connectivity index (χ1v) is 10.6. The molecule has 1 saturated carbocycles. The molecule has 0 radical (unpaired) electrons. The van der Waals surface area contributed by atoms with Crippen LogP contribution >= 0.6 is 24.0 Å². The molecule has 1 saturated heterocycles. The summed E-state index contributed by atoms with van der Waals surface area (Å²) in [7, 11) is 0. The molecule has 0 aromatic carbocycles. The van der Waals surface area contributed by atoms with E-state index in [0.717, 1.165) is 19.4 Å². The Morgan fingerprint density at radius 1 is 1.07 bits per heavy atom. The first-order chi connectivity index (χ1) is 13.3. The largest absolute Gasteiger partial charge is 0.444 e. The molecule has 1 aliphatic carbocycles. The minimum atomic E-state index is -0.482.